The first-order chi connectivity index (χ1) is 12.7. The molecule has 4 rings (SSSR count). The molecule has 1 aromatic carbocycles. The smallest absolute Gasteiger partial charge is 0.298 e. The van der Waals surface area contributed by atoms with Gasteiger partial charge in [0.2, 0.25) is 0 Å². The molecule has 7 heteroatoms. The summed E-state index contributed by atoms with van der Waals surface area (Å²) in [5.41, 5.74) is 1.63. The van der Waals surface area contributed by atoms with Crippen molar-refractivity contribution in [1.82, 2.24) is 19.7 Å². The van der Waals surface area contributed by atoms with Gasteiger partial charge < -0.3 is 14.1 Å². The lowest BCUT2D eigenvalue weighted by atomic mass is 9.94. The maximum Gasteiger partial charge on any atom is 0.298 e. The number of nitrogens with zero attached hydrogens (tertiary/aromatic N) is 5. The number of fused-ring (bicyclic) bond motifs is 1. The van der Waals surface area contributed by atoms with E-state index in [1.807, 2.05) is 29.8 Å². The molecule has 1 aliphatic rings. The topological polar surface area (TPSA) is 69.2 Å². The summed E-state index contributed by atoms with van der Waals surface area (Å²) in [7, 11) is 1.66. The minimum Gasteiger partial charge on any atom is -0.497 e. The molecule has 1 fully saturated rings. The van der Waals surface area contributed by atoms with Crippen molar-refractivity contribution in [2.24, 2.45) is 5.92 Å². The average Bonchev–Trinajstić information content (AvgIpc) is 3.24. The van der Waals surface area contributed by atoms with Crippen LogP contribution in [0.2, 0.25) is 0 Å². The minimum absolute atomic E-state index is 0.530. The van der Waals surface area contributed by atoms with E-state index >= 15 is 0 Å². The predicted octanol–water partition coefficient (Wildman–Crippen LogP) is 3.22. The lowest BCUT2D eigenvalue weighted by Gasteiger charge is -2.31. The Morgan fingerprint density at radius 2 is 2.19 bits per heavy atom. The van der Waals surface area contributed by atoms with Crippen LogP contribution in [0.15, 0.2) is 22.6 Å². The Bertz CT molecular complexity index is 901. The lowest BCUT2D eigenvalue weighted by Crippen LogP contribution is -2.36. The molecule has 1 aliphatic heterocycles. The largest absolute Gasteiger partial charge is 0.497 e. The number of benzene rings is 1. The molecule has 7 nitrogen and oxygen atoms in total. The third kappa shape index (κ3) is 3.25. The van der Waals surface area contributed by atoms with Crippen LogP contribution in [0.4, 0.5) is 6.01 Å². The molecule has 0 N–H and O–H groups in total. The number of methoxy groups -OCH3 is 1. The van der Waals surface area contributed by atoms with Crippen LogP contribution in [-0.4, -0.2) is 39.9 Å². The van der Waals surface area contributed by atoms with Crippen LogP contribution in [0.25, 0.3) is 11.1 Å². The summed E-state index contributed by atoms with van der Waals surface area (Å²) in [5.74, 6) is 3.26. The number of hydrogen-bond acceptors (Lipinski definition) is 6. The van der Waals surface area contributed by atoms with E-state index in [4.69, 9.17) is 9.15 Å². The molecule has 3 aromatic rings. The molecule has 0 saturated carbocycles. The predicted molar refractivity (Wildman–Crippen MR) is 99.6 cm³/mol. The Kier molecular flexibility index (Phi) is 4.53. The van der Waals surface area contributed by atoms with Gasteiger partial charge in [0.25, 0.3) is 6.01 Å². The molecule has 1 atom stereocenters. The first kappa shape index (κ1) is 16.9. The standard InChI is InChI=1S/C19H25N5O2/c1-4-24-18(20-13(2)22-24)10-14-6-5-9-23(12-14)19-21-16-11-15(25-3)7-8-17(16)26-19/h7-8,11,14H,4-6,9-10,12H2,1-3H3. The summed E-state index contributed by atoms with van der Waals surface area (Å²) < 4.78 is 13.3. The van der Waals surface area contributed by atoms with E-state index in [0.29, 0.717) is 11.9 Å². The molecule has 0 aliphatic carbocycles. The van der Waals surface area contributed by atoms with Crippen LogP contribution in [0.3, 0.4) is 0 Å². The summed E-state index contributed by atoms with van der Waals surface area (Å²) in [4.78, 5) is 11.5. The van der Waals surface area contributed by atoms with E-state index in [1.165, 1.54) is 6.42 Å². The monoisotopic (exact) mass is 355 g/mol. The molecule has 0 amide bonds. The Morgan fingerprint density at radius 1 is 1.31 bits per heavy atom. The molecule has 3 heterocycles. The van der Waals surface area contributed by atoms with Gasteiger partial charge in [-0.15, -0.1) is 0 Å². The zero-order chi connectivity index (χ0) is 18.1. The van der Waals surface area contributed by atoms with E-state index in [-0.39, 0.29) is 0 Å². The van der Waals surface area contributed by atoms with Gasteiger partial charge in [-0.05, 0) is 44.7 Å². The molecule has 138 valence electrons. The maximum atomic E-state index is 5.98. The van der Waals surface area contributed by atoms with E-state index < -0.39 is 0 Å². The third-order valence-electron chi connectivity index (χ3n) is 5.00. The van der Waals surface area contributed by atoms with E-state index in [1.54, 1.807) is 7.11 Å². The fraction of sp³-hybridized carbons (Fsp3) is 0.526. The number of hydrogen-bond donors (Lipinski definition) is 0. The minimum atomic E-state index is 0.530. The zero-order valence-corrected chi connectivity index (χ0v) is 15.6. The first-order valence-electron chi connectivity index (χ1n) is 9.26. The van der Waals surface area contributed by atoms with Crippen molar-refractivity contribution in [3.8, 4) is 5.75 Å². The van der Waals surface area contributed by atoms with Crippen LogP contribution in [0.5, 0.6) is 5.75 Å². The van der Waals surface area contributed by atoms with Gasteiger partial charge in [-0.1, -0.05) is 0 Å². The number of anilines is 1. The van der Waals surface area contributed by atoms with E-state index in [0.717, 1.165) is 61.0 Å². The fourth-order valence-electron chi connectivity index (χ4n) is 3.72. The summed E-state index contributed by atoms with van der Waals surface area (Å²) in [6.45, 7) is 6.83. The van der Waals surface area contributed by atoms with Crippen LogP contribution in [-0.2, 0) is 13.0 Å². The number of oxazole rings is 1. The van der Waals surface area contributed by atoms with Crippen molar-refractivity contribution in [3.05, 3.63) is 29.8 Å². The molecule has 0 spiro atoms. The maximum absolute atomic E-state index is 5.98. The summed E-state index contributed by atoms with van der Waals surface area (Å²) in [5, 5.41) is 4.47. The van der Waals surface area contributed by atoms with Gasteiger partial charge in [0.15, 0.2) is 5.58 Å². The number of rotatable bonds is 5. The van der Waals surface area contributed by atoms with Gasteiger partial charge >= 0.3 is 0 Å². The van der Waals surface area contributed by atoms with E-state index in [2.05, 4.69) is 26.9 Å². The van der Waals surface area contributed by atoms with Crippen molar-refractivity contribution >= 4 is 17.1 Å². The molecule has 2 aromatic heterocycles. The van der Waals surface area contributed by atoms with Gasteiger partial charge in [-0.25, -0.2) is 4.98 Å². The van der Waals surface area contributed by atoms with Crippen LogP contribution in [0, 0.1) is 12.8 Å². The van der Waals surface area contributed by atoms with Gasteiger partial charge in [0.05, 0.1) is 7.11 Å². The molecule has 1 saturated heterocycles. The van der Waals surface area contributed by atoms with Crippen LogP contribution < -0.4 is 9.64 Å². The molecule has 0 bridgehead atoms. The Morgan fingerprint density at radius 3 is 3.00 bits per heavy atom. The SMILES string of the molecule is CCn1nc(C)nc1CC1CCCN(c2nc3cc(OC)ccc3o2)C1. The Labute approximate surface area is 153 Å². The van der Waals surface area contributed by atoms with Crippen LogP contribution in [0.1, 0.15) is 31.4 Å². The highest BCUT2D eigenvalue weighted by molar-refractivity contribution is 5.76. The second kappa shape index (κ2) is 6.97. The van der Waals surface area contributed by atoms with E-state index in [9.17, 15) is 0 Å². The number of ether oxygens (including phenoxy) is 1. The number of piperidine rings is 1. The second-order valence-corrected chi connectivity index (χ2v) is 6.88. The Balaban J connectivity index is 1.51. The lowest BCUT2D eigenvalue weighted by molar-refractivity contribution is 0.382. The van der Waals surface area contributed by atoms with Crippen molar-refractivity contribution < 1.29 is 9.15 Å². The first-order valence-corrected chi connectivity index (χ1v) is 9.26. The molecule has 0 radical (unpaired) electrons. The van der Waals surface area contributed by atoms with Crippen molar-refractivity contribution in [3.63, 3.8) is 0 Å². The molecular weight excluding hydrogens is 330 g/mol. The third-order valence-corrected chi connectivity index (χ3v) is 5.00. The summed E-state index contributed by atoms with van der Waals surface area (Å²) in [6.07, 6.45) is 3.27. The summed E-state index contributed by atoms with van der Waals surface area (Å²) >= 11 is 0. The Hall–Kier alpha value is -2.57. The highest BCUT2D eigenvalue weighted by atomic mass is 16.5. The summed E-state index contributed by atoms with van der Waals surface area (Å²) in [6, 6.07) is 6.43. The van der Waals surface area contributed by atoms with Crippen molar-refractivity contribution in [1.29, 1.82) is 0 Å². The quantitative estimate of drug-likeness (QED) is 0.700. The van der Waals surface area contributed by atoms with Crippen molar-refractivity contribution in [2.45, 2.75) is 39.7 Å². The normalized spacial score (nSPS) is 17.8. The van der Waals surface area contributed by atoms with Gasteiger partial charge in [-0.3, -0.25) is 4.68 Å². The highest BCUT2D eigenvalue weighted by Gasteiger charge is 2.25. The second-order valence-electron chi connectivity index (χ2n) is 6.88. The highest BCUT2D eigenvalue weighted by Crippen LogP contribution is 2.29. The van der Waals surface area contributed by atoms with Crippen molar-refractivity contribution in [2.75, 3.05) is 25.1 Å². The zero-order valence-electron chi connectivity index (χ0n) is 15.6. The van der Waals surface area contributed by atoms with Gasteiger partial charge in [-0.2, -0.15) is 10.1 Å². The van der Waals surface area contributed by atoms with Gasteiger partial charge in [0.1, 0.15) is 22.9 Å². The van der Waals surface area contributed by atoms with Crippen LogP contribution >= 0.6 is 0 Å². The molecule has 26 heavy (non-hydrogen) atoms. The van der Waals surface area contributed by atoms with Gasteiger partial charge in [0, 0.05) is 32.1 Å². The number of aromatic nitrogens is 4. The fourth-order valence-corrected chi connectivity index (χ4v) is 3.72. The molecule has 1 unspecified atom stereocenters. The number of aryl methyl sites for hydroxylation is 2. The molecular formula is C19H25N5O2. The average molecular weight is 355 g/mol.